The highest BCUT2D eigenvalue weighted by Crippen LogP contribution is 2.50. The van der Waals surface area contributed by atoms with Crippen LogP contribution in [0.15, 0.2) is 121 Å². The number of rotatable bonds is 5. The van der Waals surface area contributed by atoms with Crippen LogP contribution in [0.25, 0.3) is 32.7 Å². The molecule has 1 nitrogen and oxygen atoms in total. The van der Waals surface area contributed by atoms with Gasteiger partial charge in [-0.15, -0.1) is 0 Å². The van der Waals surface area contributed by atoms with Gasteiger partial charge in [-0.05, 0) is 115 Å². The first kappa shape index (κ1) is 28.4. The topological polar surface area (TPSA) is 3.24 Å². The molecule has 0 spiro atoms. The van der Waals surface area contributed by atoms with Crippen LogP contribution in [0, 0.1) is 0 Å². The first-order valence-electron chi connectivity index (χ1n) is 16.2. The first-order valence-corrected chi connectivity index (χ1v) is 16.2. The van der Waals surface area contributed by atoms with Crippen molar-refractivity contribution >= 4 is 38.6 Å². The fourth-order valence-electron chi connectivity index (χ4n) is 7.36. The van der Waals surface area contributed by atoms with Gasteiger partial charge < -0.3 is 4.90 Å². The van der Waals surface area contributed by atoms with Crippen LogP contribution in [0.5, 0.6) is 0 Å². The molecule has 0 radical (unpaired) electrons. The number of para-hydroxylation sites is 1. The predicted molar refractivity (Wildman–Crippen MR) is 191 cm³/mol. The van der Waals surface area contributed by atoms with Gasteiger partial charge in [0.1, 0.15) is 0 Å². The summed E-state index contributed by atoms with van der Waals surface area (Å²) in [5, 5.41) is 5.17. The summed E-state index contributed by atoms with van der Waals surface area (Å²) >= 11 is 0. The summed E-state index contributed by atoms with van der Waals surface area (Å²) in [6, 6.07) is 45.1. The Labute approximate surface area is 263 Å². The third kappa shape index (κ3) is 4.80. The van der Waals surface area contributed by atoms with Gasteiger partial charge in [0, 0.05) is 17.1 Å². The predicted octanol–water partition coefficient (Wildman–Crippen LogP) is 12.6. The third-order valence-corrected chi connectivity index (χ3v) is 10.1. The maximum absolute atomic E-state index is 2.54. The van der Waals surface area contributed by atoms with E-state index in [1.165, 1.54) is 79.3 Å². The zero-order valence-corrected chi connectivity index (χ0v) is 27.0. The highest BCUT2D eigenvalue weighted by molar-refractivity contribution is 6.13. The minimum atomic E-state index is 0.137. The third-order valence-electron chi connectivity index (χ3n) is 10.1. The Morgan fingerprint density at radius 3 is 1.75 bits per heavy atom. The summed E-state index contributed by atoms with van der Waals surface area (Å²) in [5.41, 5.74) is 10.9. The second kappa shape index (κ2) is 10.7. The summed E-state index contributed by atoms with van der Waals surface area (Å²) in [5.74, 6) is 0.394. The summed E-state index contributed by atoms with van der Waals surface area (Å²) < 4.78 is 0. The van der Waals surface area contributed by atoms with Crippen LogP contribution < -0.4 is 4.90 Å². The number of fused-ring (bicyclic) bond motifs is 4. The molecule has 0 unspecified atom stereocenters. The summed E-state index contributed by atoms with van der Waals surface area (Å²) in [4.78, 5) is 2.48. The van der Waals surface area contributed by atoms with E-state index in [1.807, 2.05) is 0 Å². The standard InChI is InChI=1S/C43H43N/c1-29(2)37-27-39-40(43(5,6)25-24-42(39,3)4)28-41(37)44(32-15-8-7-9-16-32)33-22-20-30(21-23-33)38-26-31-14-10-11-17-34(31)35-18-12-13-19-36(35)38/h7-23,26-29H,24-25H2,1-6H3. The van der Waals surface area contributed by atoms with E-state index < -0.39 is 0 Å². The van der Waals surface area contributed by atoms with Crippen molar-refractivity contribution in [3.63, 3.8) is 0 Å². The van der Waals surface area contributed by atoms with E-state index in [0.29, 0.717) is 5.92 Å². The van der Waals surface area contributed by atoms with Crippen LogP contribution in [0.4, 0.5) is 17.1 Å². The lowest BCUT2D eigenvalue weighted by Crippen LogP contribution is -2.34. The van der Waals surface area contributed by atoms with Gasteiger partial charge in [-0.2, -0.15) is 0 Å². The molecule has 0 bridgehead atoms. The molecule has 220 valence electrons. The Kier molecular flexibility index (Phi) is 6.89. The molecule has 1 aliphatic carbocycles. The van der Waals surface area contributed by atoms with Crippen LogP contribution in [0.3, 0.4) is 0 Å². The normalized spacial score (nSPS) is 15.4. The van der Waals surface area contributed by atoms with Crippen molar-refractivity contribution in [1.29, 1.82) is 0 Å². The highest BCUT2D eigenvalue weighted by Gasteiger charge is 2.38. The maximum atomic E-state index is 2.54. The average molecular weight is 574 g/mol. The molecule has 44 heavy (non-hydrogen) atoms. The Hall–Kier alpha value is -4.36. The first-order chi connectivity index (χ1) is 21.1. The lowest BCUT2D eigenvalue weighted by Gasteiger charge is -2.43. The zero-order valence-electron chi connectivity index (χ0n) is 27.0. The molecule has 0 atom stereocenters. The molecular weight excluding hydrogens is 530 g/mol. The van der Waals surface area contributed by atoms with E-state index in [0.717, 1.165) is 0 Å². The fraction of sp³-hybridized carbons (Fsp3) is 0.256. The Morgan fingerprint density at radius 2 is 1.09 bits per heavy atom. The second-order valence-electron chi connectivity index (χ2n) is 14.3. The molecule has 0 saturated carbocycles. The Balaban J connectivity index is 1.41. The minimum absolute atomic E-state index is 0.137. The van der Waals surface area contributed by atoms with Gasteiger partial charge in [0.2, 0.25) is 0 Å². The van der Waals surface area contributed by atoms with Gasteiger partial charge in [0.05, 0.1) is 0 Å². The molecule has 0 aromatic heterocycles. The molecular formula is C43H43N. The molecule has 0 saturated heterocycles. The molecule has 0 aliphatic heterocycles. The van der Waals surface area contributed by atoms with Crippen molar-refractivity contribution in [2.75, 3.05) is 4.90 Å². The maximum Gasteiger partial charge on any atom is 0.0499 e. The molecule has 0 N–H and O–H groups in total. The smallest absolute Gasteiger partial charge is 0.0499 e. The molecule has 6 aromatic rings. The van der Waals surface area contributed by atoms with Gasteiger partial charge >= 0.3 is 0 Å². The summed E-state index contributed by atoms with van der Waals surface area (Å²) in [6.07, 6.45) is 2.42. The van der Waals surface area contributed by atoms with E-state index in [-0.39, 0.29) is 10.8 Å². The van der Waals surface area contributed by atoms with E-state index in [4.69, 9.17) is 0 Å². The van der Waals surface area contributed by atoms with Crippen LogP contribution in [0.1, 0.15) is 77.0 Å². The molecule has 0 amide bonds. The van der Waals surface area contributed by atoms with Crippen molar-refractivity contribution in [3.05, 3.63) is 138 Å². The van der Waals surface area contributed by atoms with Crippen molar-refractivity contribution in [1.82, 2.24) is 0 Å². The molecule has 0 fully saturated rings. The van der Waals surface area contributed by atoms with Gasteiger partial charge in [-0.1, -0.05) is 126 Å². The van der Waals surface area contributed by atoms with Gasteiger partial charge in [-0.25, -0.2) is 0 Å². The summed E-state index contributed by atoms with van der Waals surface area (Å²) in [6.45, 7) is 14.4. The lowest BCUT2D eigenvalue weighted by molar-refractivity contribution is 0.331. The van der Waals surface area contributed by atoms with Gasteiger partial charge in [-0.3, -0.25) is 0 Å². The van der Waals surface area contributed by atoms with E-state index in [9.17, 15) is 0 Å². The monoisotopic (exact) mass is 573 g/mol. The van der Waals surface area contributed by atoms with Gasteiger partial charge in [0.25, 0.3) is 0 Å². The molecule has 7 rings (SSSR count). The average Bonchev–Trinajstić information content (AvgIpc) is 3.04. The quantitative estimate of drug-likeness (QED) is 0.185. The number of nitrogens with zero attached hydrogens (tertiary/aromatic N) is 1. The molecule has 6 aromatic carbocycles. The van der Waals surface area contributed by atoms with Crippen molar-refractivity contribution < 1.29 is 0 Å². The zero-order chi connectivity index (χ0) is 30.6. The van der Waals surface area contributed by atoms with Crippen molar-refractivity contribution in [2.24, 2.45) is 0 Å². The Morgan fingerprint density at radius 1 is 0.545 bits per heavy atom. The van der Waals surface area contributed by atoms with E-state index in [2.05, 4.69) is 168 Å². The van der Waals surface area contributed by atoms with Crippen LogP contribution in [-0.2, 0) is 10.8 Å². The van der Waals surface area contributed by atoms with E-state index in [1.54, 1.807) is 0 Å². The number of hydrogen-bond acceptors (Lipinski definition) is 1. The number of benzene rings is 6. The molecule has 0 heterocycles. The lowest BCUT2D eigenvalue weighted by atomic mass is 9.62. The fourth-order valence-corrected chi connectivity index (χ4v) is 7.36. The largest absolute Gasteiger partial charge is 0.310 e. The molecule has 1 heteroatoms. The Bertz CT molecular complexity index is 1980. The van der Waals surface area contributed by atoms with Crippen LogP contribution >= 0.6 is 0 Å². The van der Waals surface area contributed by atoms with Gasteiger partial charge in [0.15, 0.2) is 0 Å². The van der Waals surface area contributed by atoms with Crippen molar-refractivity contribution in [3.8, 4) is 11.1 Å². The van der Waals surface area contributed by atoms with Crippen LogP contribution in [-0.4, -0.2) is 0 Å². The summed E-state index contributed by atoms with van der Waals surface area (Å²) in [7, 11) is 0. The van der Waals surface area contributed by atoms with Crippen molar-refractivity contribution in [2.45, 2.75) is 71.1 Å². The number of hydrogen-bond donors (Lipinski definition) is 0. The highest BCUT2D eigenvalue weighted by atomic mass is 15.1. The minimum Gasteiger partial charge on any atom is -0.310 e. The van der Waals surface area contributed by atoms with Crippen LogP contribution in [0.2, 0.25) is 0 Å². The molecule has 1 aliphatic rings. The second-order valence-corrected chi connectivity index (χ2v) is 14.3. The number of anilines is 3. The SMILES string of the molecule is CC(C)c1cc2c(cc1N(c1ccccc1)c1ccc(-c3cc4ccccc4c4ccccc34)cc1)C(C)(C)CCC2(C)C. The van der Waals surface area contributed by atoms with E-state index >= 15 is 0 Å².